The van der Waals surface area contributed by atoms with Crippen molar-refractivity contribution in [3.05, 3.63) is 23.3 Å². The van der Waals surface area contributed by atoms with Crippen molar-refractivity contribution >= 4 is 0 Å². The van der Waals surface area contributed by atoms with E-state index in [9.17, 15) is 10.2 Å². The van der Waals surface area contributed by atoms with Crippen molar-refractivity contribution in [1.29, 1.82) is 0 Å². The molecule has 3 saturated carbocycles. The van der Waals surface area contributed by atoms with E-state index in [2.05, 4.69) is 39.6 Å². The van der Waals surface area contributed by atoms with Crippen molar-refractivity contribution in [3.63, 3.8) is 0 Å². The summed E-state index contributed by atoms with van der Waals surface area (Å²) in [7, 11) is 0. The zero-order valence-corrected chi connectivity index (χ0v) is 22.4. The highest BCUT2D eigenvalue weighted by atomic mass is 16.3. The third kappa shape index (κ3) is 3.77. The summed E-state index contributed by atoms with van der Waals surface area (Å²) >= 11 is 0. The van der Waals surface area contributed by atoms with Crippen LogP contribution in [-0.2, 0) is 12.8 Å². The highest BCUT2D eigenvalue weighted by Gasteiger charge is 2.65. The monoisotopic (exact) mass is 468 g/mol. The van der Waals surface area contributed by atoms with Crippen LogP contribution in [0.3, 0.4) is 0 Å². The summed E-state index contributed by atoms with van der Waals surface area (Å²) in [6.45, 7) is 14.1. The molecule has 0 radical (unpaired) electrons. The minimum absolute atomic E-state index is 0.0111. The maximum Gasteiger partial charge on any atom is 0.125 e. The smallest absolute Gasteiger partial charge is 0.125 e. The maximum atomic E-state index is 11.6. The summed E-state index contributed by atoms with van der Waals surface area (Å²) in [6, 6.07) is 0. The van der Waals surface area contributed by atoms with Crippen LogP contribution < -0.4 is 0 Å². The lowest BCUT2D eigenvalue weighted by atomic mass is 9.43. The van der Waals surface area contributed by atoms with Crippen molar-refractivity contribution < 1.29 is 10.2 Å². The Balaban J connectivity index is 1.41. The van der Waals surface area contributed by atoms with E-state index in [4.69, 9.17) is 4.98 Å². The Morgan fingerprint density at radius 1 is 0.971 bits per heavy atom. The Morgan fingerprint density at radius 2 is 1.71 bits per heavy atom. The van der Waals surface area contributed by atoms with E-state index in [1.807, 2.05) is 13.1 Å². The summed E-state index contributed by atoms with van der Waals surface area (Å²) in [6.07, 6.45) is 11.5. The van der Waals surface area contributed by atoms with Gasteiger partial charge in [0.05, 0.1) is 12.2 Å². The zero-order valence-electron chi connectivity index (χ0n) is 22.4. The molecule has 0 aromatic carbocycles. The van der Waals surface area contributed by atoms with Gasteiger partial charge in [-0.25, -0.2) is 9.97 Å². The van der Waals surface area contributed by atoms with Gasteiger partial charge in [-0.2, -0.15) is 0 Å². The molecule has 4 aliphatic carbocycles. The molecule has 1 aromatic rings. The number of aromatic nitrogens is 2. The largest absolute Gasteiger partial charge is 0.390 e. The molecule has 0 bridgehead atoms. The maximum absolute atomic E-state index is 11.6. The van der Waals surface area contributed by atoms with Gasteiger partial charge in [-0.15, -0.1) is 0 Å². The molecule has 5 rings (SSSR count). The van der Waals surface area contributed by atoms with Gasteiger partial charge in [0, 0.05) is 11.9 Å². The molecule has 4 heteroatoms. The Hall–Kier alpha value is -1.00. The predicted molar refractivity (Wildman–Crippen MR) is 136 cm³/mol. The summed E-state index contributed by atoms with van der Waals surface area (Å²) in [4.78, 5) is 9.23. The average molecular weight is 469 g/mol. The van der Waals surface area contributed by atoms with E-state index in [1.54, 1.807) is 0 Å². The van der Waals surface area contributed by atoms with E-state index >= 15 is 0 Å². The Bertz CT molecular complexity index is 902. The van der Waals surface area contributed by atoms with Crippen LogP contribution in [0.15, 0.2) is 6.20 Å². The molecule has 4 aliphatic rings. The lowest BCUT2D eigenvalue weighted by molar-refractivity contribution is -0.208. The molecule has 10 atom stereocenters. The number of nitrogens with zero attached hydrogens (tertiary/aromatic N) is 2. The third-order valence-corrected chi connectivity index (χ3v) is 11.4. The second-order valence-electron chi connectivity index (χ2n) is 13.7. The second-order valence-corrected chi connectivity index (χ2v) is 13.7. The molecule has 34 heavy (non-hydrogen) atoms. The number of hydrogen-bond acceptors (Lipinski definition) is 4. The van der Waals surface area contributed by atoms with E-state index in [0.29, 0.717) is 17.3 Å². The summed E-state index contributed by atoms with van der Waals surface area (Å²) in [5.74, 6) is 4.40. The molecule has 190 valence electrons. The zero-order chi connectivity index (χ0) is 24.4. The second kappa shape index (κ2) is 8.83. The lowest BCUT2D eigenvalue weighted by Crippen LogP contribution is -2.64. The number of fused-ring (bicyclic) bond motifs is 6. The fraction of sp³-hybridized carbons (Fsp3) is 0.867. The van der Waals surface area contributed by atoms with Crippen LogP contribution in [-0.4, -0.2) is 32.4 Å². The van der Waals surface area contributed by atoms with Gasteiger partial charge in [-0.05, 0) is 103 Å². The molecule has 0 amide bonds. The first-order valence-corrected chi connectivity index (χ1v) is 14.2. The molecule has 2 N–H and O–H groups in total. The topological polar surface area (TPSA) is 66.2 Å². The van der Waals surface area contributed by atoms with E-state index in [1.165, 1.54) is 50.5 Å². The van der Waals surface area contributed by atoms with Crippen LogP contribution in [0.1, 0.15) is 96.6 Å². The average Bonchev–Trinajstić information content (AvgIpc) is 3.13. The molecular formula is C30H48N2O2. The van der Waals surface area contributed by atoms with Crippen molar-refractivity contribution in [3.8, 4) is 0 Å². The first kappa shape index (κ1) is 24.7. The molecule has 1 heterocycles. The fourth-order valence-corrected chi connectivity index (χ4v) is 9.70. The Labute approximate surface area is 207 Å². The predicted octanol–water partition coefficient (Wildman–Crippen LogP) is 5.76. The molecule has 0 aliphatic heterocycles. The number of rotatable bonds is 5. The highest BCUT2D eigenvalue weighted by molar-refractivity contribution is 5.28. The van der Waals surface area contributed by atoms with Crippen molar-refractivity contribution in [2.45, 2.75) is 112 Å². The third-order valence-electron chi connectivity index (χ3n) is 11.4. The molecule has 3 fully saturated rings. The van der Waals surface area contributed by atoms with Gasteiger partial charge in [-0.3, -0.25) is 0 Å². The lowest BCUT2D eigenvalue weighted by Gasteiger charge is -2.63. The normalized spacial score (nSPS) is 44.2. The van der Waals surface area contributed by atoms with Gasteiger partial charge in [-0.1, -0.05) is 53.9 Å². The quantitative estimate of drug-likeness (QED) is 0.576. The fourth-order valence-electron chi connectivity index (χ4n) is 9.70. The van der Waals surface area contributed by atoms with Crippen molar-refractivity contribution in [2.75, 3.05) is 0 Å². The Kier molecular flexibility index (Phi) is 6.41. The van der Waals surface area contributed by atoms with Crippen LogP contribution in [0.4, 0.5) is 0 Å². The van der Waals surface area contributed by atoms with Gasteiger partial charge in [0.1, 0.15) is 5.82 Å². The van der Waals surface area contributed by atoms with Crippen LogP contribution in [0, 0.1) is 59.2 Å². The van der Waals surface area contributed by atoms with E-state index in [-0.39, 0.29) is 17.3 Å². The molecule has 0 saturated heterocycles. The number of aliphatic hydroxyl groups excluding tert-OH is 2. The van der Waals surface area contributed by atoms with Crippen molar-refractivity contribution in [1.82, 2.24) is 9.97 Å². The number of aliphatic hydroxyl groups is 2. The van der Waals surface area contributed by atoms with Crippen LogP contribution in [0.2, 0.25) is 0 Å². The minimum Gasteiger partial charge on any atom is -0.390 e. The summed E-state index contributed by atoms with van der Waals surface area (Å²) in [5, 5.41) is 23.2. The first-order valence-electron chi connectivity index (χ1n) is 14.2. The van der Waals surface area contributed by atoms with Crippen molar-refractivity contribution in [2.24, 2.45) is 52.3 Å². The summed E-state index contributed by atoms with van der Waals surface area (Å²) in [5.41, 5.74) is 2.67. The van der Waals surface area contributed by atoms with Gasteiger partial charge in [0.25, 0.3) is 0 Å². The SMILES string of the molecule is Cc1ncc2c(n1)C[C@@H]1[C@@H](O)[C@H](O)[C@@H]3[C@H](CC[C@]4(C)[C@@H]([C@H](C)CCCC(C)C)CC[C@@H]34)[C@@]1(C)C2. The van der Waals surface area contributed by atoms with Gasteiger partial charge < -0.3 is 10.2 Å². The number of hydrogen-bond donors (Lipinski definition) is 2. The first-order chi connectivity index (χ1) is 16.1. The molecule has 0 unspecified atom stereocenters. The van der Waals surface area contributed by atoms with Crippen LogP contribution in [0.25, 0.3) is 0 Å². The Morgan fingerprint density at radius 3 is 2.44 bits per heavy atom. The van der Waals surface area contributed by atoms with Gasteiger partial charge in [0.15, 0.2) is 0 Å². The minimum atomic E-state index is -0.653. The van der Waals surface area contributed by atoms with Crippen LogP contribution >= 0.6 is 0 Å². The summed E-state index contributed by atoms with van der Waals surface area (Å²) < 4.78 is 0. The van der Waals surface area contributed by atoms with E-state index < -0.39 is 12.2 Å². The highest BCUT2D eigenvalue weighted by Crippen LogP contribution is 2.67. The van der Waals surface area contributed by atoms with E-state index in [0.717, 1.165) is 42.1 Å². The standard InChI is InChI=1S/C30H48N2O2/c1-17(2)8-7-9-18(3)21-10-11-22-26-23(12-13-29(21,22)5)30(6)15-20-16-31-19(4)32-25(20)14-24(30)27(33)28(26)34/h16-18,21-24,26-28,33-34H,7-15H2,1-6H3/t18-,21-,22+,23+,24-,26+,27-,28-,29-,30-/m1/s1. The van der Waals surface area contributed by atoms with Gasteiger partial charge >= 0.3 is 0 Å². The van der Waals surface area contributed by atoms with Crippen LogP contribution in [0.5, 0.6) is 0 Å². The molecule has 1 aromatic heterocycles. The molecule has 4 nitrogen and oxygen atoms in total. The molecular weight excluding hydrogens is 420 g/mol. The van der Waals surface area contributed by atoms with Gasteiger partial charge in [0.2, 0.25) is 0 Å². The number of aryl methyl sites for hydroxylation is 1. The molecule has 0 spiro atoms.